The molecule has 4 rings (SSSR count). The van der Waals surface area contributed by atoms with E-state index >= 15 is 0 Å². The van der Waals surface area contributed by atoms with E-state index in [1.165, 1.54) is 6.20 Å². The molecule has 0 saturated carbocycles. The van der Waals surface area contributed by atoms with Gasteiger partial charge in [0.25, 0.3) is 11.8 Å². The Kier molecular flexibility index (Phi) is 8.08. The van der Waals surface area contributed by atoms with Crippen LogP contribution in [0.3, 0.4) is 0 Å². The van der Waals surface area contributed by atoms with Gasteiger partial charge >= 0.3 is 0 Å². The van der Waals surface area contributed by atoms with Crippen LogP contribution in [0.2, 0.25) is 0 Å². The highest BCUT2D eigenvalue weighted by molar-refractivity contribution is 5.98. The van der Waals surface area contributed by atoms with E-state index in [1.54, 1.807) is 25.3 Å². The van der Waals surface area contributed by atoms with Gasteiger partial charge in [0.15, 0.2) is 11.6 Å². The highest BCUT2D eigenvalue weighted by Gasteiger charge is 2.23. The highest BCUT2D eigenvalue weighted by Crippen LogP contribution is 2.22. The molecule has 2 heterocycles. The number of likely N-dealkylation sites (tertiary alicyclic amines) is 1. The average molecular weight is 513 g/mol. The molecule has 2 aromatic carbocycles. The van der Waals surface area contributed by atoms with Gasteiger partial charge in [0, 0.05) is 56.2 Å². The first-order chi connectivity index (χ1) is 17.8. The number of methoxy groups -OCH3 is 1. The predicted octanol–water partition coefficient (Wildman–Crippen LogP) is 4.05. The van der Waals surface area contributed by atoms with E-state index in [0.29, 0.717) is 36.8 Å². The number of rotatable bonds is 8. The number of nitrogens with zero attached hydrogens (tertiary/aromatic N) is 2. The van der Waals surface area contributed by atoms with Gasteiger partial charge in [-0.3, -0.25) is 14.6 Å². The minimum Gasteiger partial charge on any atom is -0.381 e. The molecule has 1 aliphatic heterocycles. The molecule has 0 bridgehead atoms. The van der Waals surface area contributed by atoms with Crippen molar-refractivity contribution in [3.63, 3.8) is 0 Å². The molecule has 0 spiro atoms. The van der Waals surface area contributed by atoms with Gasteiger partial charge in [0.05, 0.1) is 17.4 Å². The normalized spacial score (nSPS) is 14.0. The molecule has 2 amide bonds. The molecule has 3 aromatic rings. The van der Waals surface area contributed by atoms with E-state index in [2.05, 4.69) is 10.3 Å². The summed E-state index contributed by atoms with van der Waals surface area (Å²) in [4.78, 5) is 30.7. The Morgan fingerprint density at radius 1 is 1.08 bits per heavy atom. The Hall–Kier alpha value is -3.92. The summed E-state index contributed by atoms with van der Waals surface area (Å²) in [5, 5.41) is 2.77. The van der Waals surface area contributed by atoms with E-state index in [1.807, 2.05) is 17.0 Å². The SMILES string of the molecule is COC1CCN(C(=O)c2ccc(Cc3cc(NCc4c(F)ccc(F)c4F)c(C(N)=O)cn3)cc2)CC1. The number of carbonyl (C=O) groups is 2. The molecule has 1 fully saturated rings. The number of hydrogen-bond acceptors (Lipinski definition) is 5. The number of nitrogens with one attached hydrogen (secondary N) is 1. The van der Waals surface area contributed by atoms with Crippen LogP contribution in [0.4, 0.5) is 18.9 Å². The zero-order valence-electron chi connectivity index (χ0n) is 20.3. The van der Waals surface area contributed by atoms with E-state index in [0.717, 1.165) is 24.5 Å². The lowest BCUT2D eigenvalue weighted by molar-refractivity contribution is 0.0350. The molecule has 0 unspecified atom stereocenters. The van der Waals surface area contributed by atoms with Crippen LogP contribution in [-0.4, -0.2) is 48.0 Å². The fourth-order valence-corrected chi connectivity index (χ4v) is 4.30. The fourth-order valence-electron chi connectivity index (χ4n) is 4.30. The van der Waals surface area contributed by atoms with Crippen LogP contribution in [-0.2, 0) is 17.7 Å². The topological polar surface area (TPSA) is 97.5 Å². The second kappa shape index (κ2) is 11.4. The fraction of sp³-hybridized carbons (Fsp3) is 0.296. The second-order valence-electron chi connectivity index (χ2n) is 8.86. The lowest BCUT2D eigenvalue weighted by Gasteiger charge is -2.31. The van der Waals surface area contributed by atoms with Crippen molar-refractivity contribution in [2.75, 3.05) is 25.5 Å². The smallest absolute Gasteiger partial charge is 0.253 e. The number of aromatic nitrogens is 1. The van der Waals surface area contributed by atoms with Gasteiger partial charge in [-0.25, -0.2) is 13.2 Å². The van der Waals surface area contributed by atoms with Gasteiger partial charge in [-0.2, -0.15) is 0 Å². The number of hydrogen-bond donors (Lipinski definition) is 2. The third kappa shape index (κ3) is 6.08. The maximum Gasteiger partial charge on any atom is 0.253 e. The maximum atomic E-state index is 14.0. The Bertz CT molecular complexity index is 1290. The predicted molar refractivity (Wildman–Crippen MR) is 132 cm³/mol. The van der Waals surface area contributed by atoms with Gasteiger partial charge in [-0.1, -0.05) is 12.1 Å². The van der Waals surface area contributed by atoms with Crippen molar-refractivity contribution >= 4 is 17.5 Å². The summed E-state index contributed by atoms with van der Waals surface area (Å²) < 4.78 is 46.9. The van der Waals surface area contributed by atoms with Crippen molar-refractivity contribution < 1.29 is 27.5 Å². The molecule has 0 atom stereocenters. The molecular weight excluding hydrogens is 485 g/mol. The van der Waals surface area contributed by atoms with E-state index in [4.69, 9.17) is 10.5 Å². The van der Waals surface area contributed by atoms with Crippen molar-refractivity contribution in [2.24, 2.45) is 5.73 Å². The number of anilines is 1. The van der Waals surface area contributed by atoms with Crippen molar-refractivity contribution in [3.05, 3.63) is 94.1 Å². The van der Waals surface area contributed by atoms with E-state index < -0.39 is 35.5 Å². The number of halogens is 3. The first-order valence-electron chi connectivity index (χ1n) is 11.8. The molecule has 0 radical (unpaired) electrons. The highest BCUT2D eigenvalue weighted by atomic mass is 19.2. The van der Waals surface area contributed by atoms with Crippen LogP contribution in [0.15, 0.2) is 48.7 Å². The van der Waals surface area contributed by atoms with Crippen molar-refractivity contribution in [1.29, 1.82) is 0 Å². The summed E-state index contributed by atoms with van der Waals surface area (Å²) in [6.45, 7) is 0.889. The Morgan fingerprint density at radius 3 is 2.41 bits per heavy atom. The molecule has 194 valence electrons. The Balaban J connectivity index is 1.46. The third-order valence-corrected chi connectivity index (χ3v) is 6.47. The number of primary amides is 1. The van der Waals surface area contributed by atoms with Gasteiger partial charge in [0.1, 0.15) is 5.82 Å². The minimum absolute atomic E-state index is 0.0270. The first kappa shape index (κ1) is 26.2. The van der Waals surface area contributed by atoms with E-state index in [9.17, 15) is 22.8 Å². The summed E-state index contributed by atoms with van der Waals surface area (Å²) in [6.07, 6.45) is 3.44. The van der Waals surface area contributed by atoms with Crippen molar-refractivity contribution in [2.45, 2.75) is 31.9 Å². The Morgan fingerprint density at radius 2 is 1.76 bits per heavy atom. The first-order valence-corrected chi connectivity index (χ1v) is 11.8. The van der Waals surface area contributed by atoms with Gasteiger partial charge in [-0.15, -0.1) is 0 Å². The molecule has 3 N–H and O–H groups in total. The van der Waals surface area contributed by atoms with Gasteiger partial charge in [-0.05, 0) is 48.7 Å². The summed E-state index contributed by atoms with van der Waals surface area (Å²) >= 11 is 0. The maximum absolute atomic E-state index is 14.0. The van der Waals surface area contributed by atoms with Crippen LogP contribution in [0.1, 0.15) is 50.4 Å². The summed E-state index contributed by atoms with van der Waals surface area (Å²) in [6, 6.07) is 10.2. The summed E-state index contributed by atoms with van der Waals surface area (Å²) in [5.41, 5.74) is 7.16. The molecule has 1 aliphatic rings. The zero-order chi connectivity index (χ0) is 26.5. The summed E-state index contributed by atoms with van der Waals surface area (Å²) in [7, 11) is 1.68. The number of piperidine rings is 1. The average Bonchev–Trinajstić information content (AvgIpc) is 2.91. The minimum atomic E-state index is -1.31. The standard InChI is InChI=1S/C27H27F3N4O3/c1-37-19-8-10-34(11-9-19)27(36)17-4-2-16(3-5-17)12-18-13-24(21(15-32-18)26(31)35)33-14-20-22(28)6-7-23(29)25(20)30/h2-7,13,15,19H,8-12,14H2,1H3,(H2,31,35)(H,32,33). The van der Waals surface area contributed by atoms with Crippen LogP contribution < -0.4 is 11.1 Å². The van der Waals surface area contributed by atoms with Crippen LogP contribution >= 0.6 is 0 Å². The molecule has 37 heavy (non-hydrogen) atoms. The largest absolute Gasteiger partial charge is 0.381 e. The van der Waals surface area contributed by atoms with Crippen molar-refractivity contribution in [3.8, 4) is 0 Å². The zero-order valence-corrected chi connectivity index (χ0v) is 20.3. The number of amides is 2. The lowest BCUT2D eigenvalue weighted by Crippen LogP contribution is -2.40. The van der Waals surface area contributed by atoms with Crippen molar-refractivity contribution in [1.82, 2.24) is 9.88 Å². The van der Waals surface area contributed by atoms with Crippen LogP contribution in [0.5, 0.6) is 0 Å². The third-order valence-electron chi connectivity index (χ3n) is 6.47. The lowest BCUT2D eigenvalue weighted by atomic mass is 10.0. The van der Waals surface area contributed by atoms with E-state index in [-0.39, 0.29) is 23.3 Å². The molecule has 1 saturated heterocycles. The molecule has 1 aromatic heterocycles. The van der Waals surface area contributed by atoms with Crippen LogP contribution in [0.25, 0.3) is 0 Å². The monoisotopic (exact) mass is 512 g/mol. The number of benzene rings is 2. The molecule has 0 aliphatic carbocycles. The molecule has 10 heteroatoms. The number of carbonyl (C=O) groups excluding carboxylic acids is 2. The number of nitrogens with two attached hydrogens (primary N) is 1. The van der Waals surface area contributed by atoms with Gasteiger partial charge < -0.3 is 20.7 Å². The number of ether oxygens (including phenoxy) is 1. The van der Waals surface area contributed by atoms with Gasteiger partial charge in [0.2, 0.25) is 0 Å². The molecule has 7 nitrogen and oxygen atoms in total. The Labute approximate surface area is 212 Å². The summed E-state index contributed by atoms with van der Waals surface area (Å²) in [5.74, 6) is -4.21. The molecular formula is C27H27F3N4O3. The number of pyridine rings is 1. The second-order valence-corrected chi connectivity index (χ2v) is 8.86. The van der Waals surface area contributed by atoms with Crippen LogP contribution in [0, 0.1) is 17.5 Å². The quantitative estimate of drug-likeness (QED) is 0.444.